The molecule has 0 spiro atoms. The number of nitrogens with zero attached hydrogens (tertiary/aromatic N) is 2. The lowest BCUT2D eigenvalue weighted by Crippen LogP contribution is -2.28. The number of ether oxygens (including phenoxy) is 1. The van der Waals surface area contributed by atoms with Crippen LogP contribution in [0.5, 0.6) is 0 Å². The Morgan fingerprint density at radius 3 is 2.32 bits per heavy atom. The van der Waals surface area contributed by atoms with Gasteiger partial charge in [0.2, 0.25) is 0 Å². The van der Waals surface area contributed by atoms with Gasteiger partial charge >= 0.3 is 0 Å². The van der Waals surface area contributed by atoms with Crippen molar-refractivity contribution >= 4 is 33.8 Å². The number of benzene rings is 1. The smallest absolute Gasteiger partial charge is 0.153 e. The van der Waals surface area contributed by atoms with E-state index in [1.165, 1.54) is 0 Å². The highest BCUT2D eigenvalue weighted by Crippen LogP contribution is 2.22. The van der Waals surface area contributed by atoms with Crippen molar-refractivity contribution in [2.75, 3.05) is 18.9 Å². The predicted molar refractivity (Wildman–Crippen MR) is 122 cm³/mol. The number of aromatic nitrogens is 2. The van der Waals surface area contributed by atoms with Gasteiger partial charge in [-0.1, -0.05) is 63.0 Å². The molecule has 0 amide bonds. The van der Waals surface area contributed by atoms with Crippen LogP contribution in [0.2, 0.25) is 0 Å². The molecule has 1 aromatic heterocycles. The Bertz CT molecular complexity index is 800. The molecular weight excluding hydrogens is 370 g/mol. The Balaban J connectivity index is 0.000000363. The summed E-state index contributed by atoms with van der Waals surface area (Å²) < 4.78 is 5.06. The second kappa shape index (κ2) is 12.9. The summed E-state index contributed by atoms with van der Waals surface area (Å²) in [6, 6.07) is 8.17. The summed E-state index contributed by atoms with van der Waals surface area (Å²) in [6.07, 6.45) is 6.07. The van der Waals surface area contributed by atoms with Crippen LogP contribution in [0.1, 0.15) is 32.4 Å². The van der Waals surface area contributed by atoms with Crippen LogP contribution in [0.3, 0.4) is 0 Å². The summed E-state index contributed by atoms with van der Waals surface area (Å²) in [6.45, 7) is 9.48. The highest BCUT2D eigenvalue weighted by Gasteiger charge is 2.08. The van der Waals surface area contributed by atoms with Crippen LogP contribution in [0.15, 0.2) is 48.6 Å². The lowest BCUT2D eigenvalue weighted by Gasteiger charge is -2.16. The number of nitrogen functional groups attached to an aromatic ring is 1. The van der Waals surface area contributed by atoms with Crippen LogP contribution in [0, 0.1) is 0 Å². The third-order valence-corrected chi connectivity index (χ3v) is 4.14. The first-order chi connectivity index (χ1) is 13.5. The fourth-order valence-corrected chi connectivity index (χ4v) is 2.74. The van der Waals surface area contributed by atoms with Crippen LogP contribution in [-0.4, -0.2) is 34.4 Å². The number of nitrogens with two attached hydrogens (primary N) is 3. The van der Waals surface area contributed by atoms with E-state index in [9.17, 15) is 0 Å². The summed E-state index contributed by atoms with van der Waals surface area (Å²) in [5.41, 5.74) is 18.6. The second-order valence-electron chi connectivity index (χ2n) is 6.03. The lowest BCUT2D eigenvalue weighted by molar-refractivity contribution is 0.0866. The quantitative estimate of drug-likeness (QED) is 0.409. The van der Waals surface area contributed by atoms with E-state index in [1.807, 2.05) is 38.1 Å². The summed E-state index contributed by atoms with van der Waals surface area (Å²) in [7, 11) is 0. The number of allylic oxidation sites excluding steroid dienone is 2. The zero-order valence-corrected chi connectivity index (χ0v) is 17.5. The molecule has 1 aromatic carbocycles. The molecule has 0 radical (unpaired) electrons. The van der Waals surface area contributed by atoms with Crippen molar-refractivity contribution in [3.63, 3.8) is 0 Å². The minimum atomic E-state index is 0.322. The van der Waals surface area contributed by atoms with Gasteiger partial charge in [-0.15, -0.1) is 5.10 Å². The van der Waals surface area contributed by atoms with E-state index in [0.717, 1.165) is 48.1 Å². The minimum absolute atomic E-state index is 0.322. The molecule has 0 atom stereocenters. The van der Waals surface area contributed by atoms with Crippen molar-refractivity contribution in [2.45, 2.75) is 39.2 Å². The molecule has 0 saturated carbocycles. The molecule has 2 aromatic rings. The molecule has 7 heteroatoms. The standard InChI is InChI=1S/C14H14N4S.C5H11NO.C2H6/c1-2-9(8-13(15)19)7-12-10-5-3-4-6-11(10)14(16)18-17-12;6-5-1-3-7-4-2-5;1-2/h2-6,8H,1,7H2,(H2,15,19)(H2,16,18);5H,1-4,6H2;1-2H3/b9-8+;;. The normalized spacial score (nSPS) is 14.3. The Kier molecular flexibility index (Phi) is 10.9. The maximum atomic E-state index is 5.82. The zero-order valence-electron chi connectivity index (χ0n) is 16.7. The summed E-state index contributed by atoms with van der Waals surface area (Å²) in [4.78, 5) is 0.322. The second-order valence-corrected chi connectivity index (χ2v) is 6.50. The lowest BCUT2D eigenvalue weighted by atomic mass is 10.0. The fourth-order valence-electron chi connectivity index (χ4n) is 2.58. The van der Waals surface area contributed by atoms with Gasteiger partial charge in [0.1, 0.15) is 0 Å². The summed E-state index contributed by atoms with van der Waals surface area (Å²) in [5, 5.41) is 10.0. The molecular formula is C21H31N5OS. The van der Waals surface area contributed by atoms with E-state index in [-0.39, 0.29) is 0 Å². The number of hydrogen-bond donors (Lipinski definition) is 3. The van der Waals surface area contributed by atoms with Gasteiger partial charge in [0.05, 0.1) is 10.7 Å². The van der Waals surface area contributed by atoms with Gasteiger partial charge in [-0.3, -0.25) is 0 Å². The Labute approximate surface area is 172 Å². The summed E-state index contributed by atoms with van der Waals surface area (Å²) >= 11 is 4.87. The van der Waals surface area contributed by atoms with Gasteiger partial charge in [0.25, 0.3) is 0 Å². The van der Waals surface area contributed by atoms with Gasteiger partial charge in [0, 0.05) is 36.4 Å². The van der Waals surface area contributed by atoms with E-state index in [1.54, 1.807) is 12.2 Å². The first-order valence-electron chi connectivity index (χ1n) is 9.46. The van der Waals surface area contributed by atoms with E-state index >= 15 is 0 Å². The van der Waals surface area contributed by atoms with E-state index in [2.05, 4.69) is 16.8 Å². The number of fused-ring (bicyclic) bond motifs is 1. The van der Waals surface area contributed by atoms with Crippen molar-refractivity contribution in [1.29, 1.82) is 0 Å². The molecule has 1 saturated heterocycles. The zero-order chi connectivity index (χ0) is 20.9. The van der Waals surface area contributed by atoms with Crippen LogP contribution >= 0.6 is 12.2 Å². The van der Waals surface area contributed by atoms with Gasteiger partial charge in [-0.05, 0) is 24.5 Å². The third kappa shape index (κ3) is 7.72. The number of hydrogen-bond acceptors (Lipinski definition) is 6. The van der Waals surface area contributed by atoms with Crippen molar-refractivity contribution in [2.24, 2.45) is 11.5 Å². The first kappa shape index (κ1) is 23.7. The van der Waals surface area contributed by atoms with Gasteiger partial charge < -0.3 is 21.9 Å². The molecule has 152 valence electrons. The molecule has 6 N–H and O–H groups in total. The largest absolute Gasteiger partial charge is 0.390 e. The Morgan fingerprint density at radius 1 is 1.21 bits per heavy atom. The van der Waals surface area contributed by atoms with Crippen LogP contribution in [0.25, 0.3) is 10.8 Å². The fraction of sp³-hybridized carbons (Fsp3) is 0.381. The molecule has 0 unspecified atom stereocenters. The van der Waals surface area contributed by atoms with Crippen molar-refractivity contribution in [1.82, 2.24) is 10.2 Å². The maximum absolute atomic E-state index is 5.82. The Morgan fingerprint density at radius 2 is 1.82 bits per heavy atom. The molecule has 28 heavy (non-hydrogen) atoms. The molecule has 1 aliphatic heterocycles. The van der Waals surface area contributed by atoms with E-state index in [0.29, 0.717) is 23.3 Å². The average Bonchev–Trinajstić information content (AvgIpc) is 2.72. The topological polar surface area (TPSA) is 113 Å². The molecule has 2 heterocycles. The van der Waals surface area contributed by atoms with Crippen LogP contribution in [-0.2, 0) is 11.2 Å². The van der Waals surface area contributed by atoms with Crippen molar-refractivity contribution < 1.29 is 4.74 Å². The highest BCUT2D eigenvalue weighted by atomic mass is 32.1. The number of anilines is 1. The molecule has 3 rings (SSSR count). The molecule has 0 bridgehead atoms. The van der Waals surface area contributed by atoms with Crippen molar-refractivity contribution in [3.8, 4) is 0 Å². The third-order valence-electron chi connectivity index (χ3n) is 4.02. The monoisotopic (exact) mass is 401 g/mol. The molecule has 6 nitrogen and oxygen atoms in total. The van der Waals surface area contributed by atoms with Gasteiger partial charge in [-0.25, -0.2) is 0 Å². The molecule has 0 aliphatic carbocycles. The first-order valence-corrected chi connectivity index (χ1v) is 9.87. The van der Waals surface area contributed by atoms with Gasteiger partial charge in [0.15, 0.2) is 5.82 Å². The number of thiocarbonyl (C=S) groups is 1. The van der Waals surface area contributed by atoms with Crippen LogP contribution < -0.4 is 17.2 Å². The van der Waals surface area contributed by atoms with E-state index < -0.39 is 0 Å². The summed E-state index contributed by atoms with van der Waals surface area (Å²) in [5.74, 6) is 0.429. The highest BCUT2D eigenvalue weighted by molar-refractivity contribution is 7.80. The average molecular weight is 402 g/mol. The SMILES string of the molecule is C=C/C(=C\C(N)=S)Cc1nnc(N)c2ccccc12.CC.NC1CCOCC1. The van der Waals surface area contributed by atoms with Gasteiger partial charge in [-0.2, -0.15) is 5.10 Å². The van der Waals surface area contributed by atoms with Crippen molar-refractivity contribution in [3.05, 3.63) is 54.3 Å². The minimum Gasteiger partial charge on any atom is -0.390 e. The predicted octanol–water partition coefficient (Wildman–Crippen LogP) is 3.30. The Hall–Kier alpha value is -2.35. The van der Waals surface area contributed by atoms with E-state index in [4.69, 9.17) is 34.2 Å². The maximum Gasteiger partial charge on any atom is 0.153 e. The molecule has 1 aliphatic rings. The molecule has 1 fully saturated rings. The number of rotatable bonds is 4. The van der Waals surface area contributed by atoms with Crippen LogP contribution in [0.4, 0.5) is 5.82 Å².